The molecule has 0 aromatic carbocycles. The summed E-state index contributed by atoms with van der Waals surface area (Å²) in [5.74, 6) is 1.75. The van der Waals surface area contributed by atoms with E-state index in [4.69, 9.17) is 0 Å². The summed E-state index contributed by atoms with van der Waals surface area (Å²) >= 11 is 0. The topological polar surface area (TPSA) is 0 Å². The summed E-state index contributed by atoms with van der Waals surface area (Å²) in [6, 6.07) is 0. The average molecular weight is 231 g/mol. The molecular weight excluding hydrogens is 212 g/mol. The maximum Gasteiger partial charge on any atom is 2.00 e. The van der Waals surface area contributed by atoms with E-state index < -0.39 is 0 Å². The Morgan fingerprint density at radius 1 is 0.909 bits per heavy atom. The van der Waals surface area contributed by atoms with E-state index in [1.165, 1.54) is 32.1 Å². The van der Waals surface area contributed by atoms with Gasteiger partial charge >= 0.3 is 23.1 Å². The van der Waals surface area contributed by atoms with Crippen molar-refractivity contribution < 1.29 is 17.0 Å². The molecule has 0 bridgehead atoms. The Labute approximate surface area is 98.4 Å². The molecule has 64 valence electrons. The summed E-state index contributed by atoms with van der Waals surface area (Å²) < 4.78 is 0. The molecule has 0 radical (unpaired) electrons. The van der Waals surface area contributed by atoms with E-state index >= 15 is 0 Å². The van der Waals surface area contributed by atoms with Gasteiger partial charge in [-0.05, 0) is 0 Å². The summed E-state index contributed by atoms with van der Waals surface area (Å²) in [5.41, 5.74) is 0. The zero-order chi connectivity index (χ0) is 7.11. The maximum absolute atomic E-state index is 2.26. The van der Waals surface area contributed by atoms with Crippen molar-refractivity contribution >= 4 is 23.1 Å². The standard InChI is InChI=1S/C9H19.BrH.Mg/c1-4-7-9(6-3)8-5-2;;/h4-8H2,1-3H3;1H;/q-1;;+2/p-1. The van der Waals surface area contributed by atoms with Crippen LogP contribution in [0.25, 0.3) is 0 Å². The van der Waals surface area contributed by atoms with Gasteiger partial charge in [-0.15, -0.1) is 0 Å². The molecule has 0 fully saturated rings. The van der Waals surface area contributed by atoms with E-state index in [1.807, 2.05) is 0 Å². The smallest absolute Gasteiger partial charge is 1.00 e. The van der Waals surface area contributed by atoms with Gasteiger partial charge in [-0.2, -0.15) is 19.3 Å². The molecule has 0 aliphatic rings. The van der Waals surface area contributed by atoms with Crippen molar-refractivity contribution in [3.8, 4) is 0 Å². The van der Waals surface area contributed by atoms with E-state index in [-0.39, 0.29) is 40.0 Å². The van der Waals surface area contributed by atoms with Crippen LogP contribution in [0.2, 0.25) is 0 Å². The molecule has 0 atom stereocenters. The van der Waals surface area contributed by atoms with Gasteiger partial charge in [0.2, 0.25) is 0 Å². The van der Waals surface area contributed by atoms with Gasteiger partial charge in [-0.1, -0.05) is 33.6 Å². The molecule has 11 heavy (non-hydrogen) atoms. The van der Waals surface area contributed by atoms with Gasteiger partial charge in [0, 0.05) is 0 Å². The first-order valence-corrected chi connectivity index (χ1v) is 4.18. The van der Waals surface area contributed by atoms with Crippen LogP contribution in [0.5, 0.6) is 0 Å². The summed E-state index contributed by atoms with van der Waals surface area (Å²) in [7, 11) is 0. The van der Waals surface area contributed by atoms with Crippen LogP contribution in [0.1, 0.15) is 52.9 Å². The number of rotatable bonds is 5. The normalized spacial score (nSPS) is 8.73. The molecule has 0 spiro atoms. The van der Waals surface area contributed by atoms with E-state index in [9.17, 15) is 0 Å². The van der Waals surface area contributed by atoms with E-state index in [2.05, 4.69) is 20.8 Å². The Kier molecular flexibility index (Phi) is 22.7. The molecule has 0 amide bonds. The zero-order valence-corrected chi connectivity index (χ0v) is 11.1. The van der Waals surface area contributed by atoms with Crippen LogP contribution >= 0.6 is 0 Å². The minimum atomic E-state index is 0. The van der Waals surface area contributed by atoms with E-state index in [0.29, 0.717) is 0 Å². The fraction of sp³-hybridized carbons (Fsp3) is 0.889. The van der Waals surface area contributed by atoms with Crippen molar-refractivity contribution in [2.75, 3.05) is 0 Å². The second-order valence-corrected chi connectivity index (χ2v) is 2.60. The number of halogens is 1. The minimum absolute atomic E-state index is 0. The molecule has 0 aromatic rings. The molecule has 0 saturated carbocycles. The Balaban J connectivity index is -0.000000320. The average Bonchev–Trinajstić information content (AvgIpc) is 1.88. The Morgan fingerprint density at radius 2 is 1.27 bits per heavy atom. The van der Waals surface area contributed by atoms with Crippen LogP contribution in [0.15, 0.2) is 0 Å². The molecule has 0 rings (SSSR count). The van der Waals surface area contributed by atoms with Crippen LogP contribution < -0.4 is 17.0 Å². The van der Waals surface area contributed by atoms with Crippen LogP contribution in [-0.4, -0.2) is 23.1 Å². The van der Waals surface area contributed by atoms with Crippen molar-refractivity contribution in [3.63, 3.8) is 0 Å². The van der Waals surface area contributed by atoms with Gasteiger partial charge in [-0.25, -0.2) is 0 Å². The first-order valence-electron chi connectivity index (χ1n) is 4.18. The van der Waals surface area contributed by atoms with Crippen molar-refractivity contribution in [3.05, 3.63) is 5.92 Å². The third kappa shape index (κ3) is 11.2. The molecule has 2 heteroatoms. The van der Waals surface area contributed by atoms with Gasteiger partial charge in [0.1, 0.15) is 0 Å². The quantitative estimate of drug-likeness (QED) is 0.468. The van der Waals surface area contributed by atoms with Gasteiger partial charge in [0.15, 0.2) is 0 Å². The molecule has 0 unspecified atom stereocenters. The Morgan fingerprint density at radius 3 is 1.45 bits per heavy atom. The van der Waals surface area contributed by atoms with E-state index in [1.54, 1.807) is 5.92 Å². The second kappa shape index (κ2) is 13.8. The summed E-state index contributed by atoms with van der Waals surface area (Å²) in [4.78, 5) is 0. The van der Waals surface area contributed by atoms with Crippen molar-refractivity contribution in [2.24, 2.45) is 0 Å². The summed E-state index contributed by atoms with van der Waals surface area (Å²) in [5, 5.41) is 0. The predicted molar refractivity (Wildman–Crippen MR) is 49.1 cm³/mol. The monoisotopic (exact) mass is 230 g/mol. The van der Waals surface area contributed by atoms with Crippen molar-refractivity contribution in [1.29, 1.82) is 0 Å². The fourth-order valence-electron chi connectivity index (χ4n) is 1.19. The molecule has 0 aromatic heterocycles. The SMILES string of the molecule is CCC[C-](CC)CCC.[Br-].[Mg+2]. The van der Waals surface area contributed by atoms with Gasteiger partial charge in [0.05, 0.1) is 0 Å². The maximum atomic E-state index is 2.26. The first kappa shape index (κ1) is 18.1. The molecule has 0 aliphatic carbocycles. The van der Waals surface area contributed by atoms with Crippen LogP contribution in [-0.2, 0) is 0 Å². The predicted octanol–water partition coefficient (Wildman–Crippen LogP) is 0.194. The van der Waals surface area contributed by atoms with Gasteiger partial charge in [-0.3, -0.25) is 0 Å². The zero-order valence-electron chi connectivity index (χ0n) is 8.12. The fourth-order valence-corrected chi connectivity index (χ4v) is 1.19. The van der Waals surface area contributed by atoms with Crippen LogP contribution in [0.3, 0.4) is 0 Å². The number of hydrogen-bond acceptors (Lipinski definition) is 0. The molecule has 0 heterocycles. The Bertz CT molecular complexity index is 51.5. The second-order valence-electron chi connectivity index (χ2n) is 2.60. The molecule has 0 nitrogen and oxygen atoms in total. The third-order valence-electron chi connectivity index (χ3n) is 1.71. The largest absolute Gasteiger partial charge is 2.00 e. The third-order valence-corrected chi connectivity index (χ3v) is 1.71. The molecule has 0 aliphatic heterocycles. The first-order chi connectivity index (χ1) is 4.35. The van der Waals surface area contributed by atoms with Crippen molar-refractivity contribution in [1.82, 2.24) is 0 Å². The molecule has 0 N–H and O–H groups in total. The Hall–Kier alpha value is 1.25. The molecule has 0 saturated heterocycles. The summed E-state index contributed by atoms with van der Waals surface area (Å²) in [6.45, 7) is 6.78. The van der Waals surface area contributed by atoms with Crippen molar-refractivity contribution in [2.45, 2.75) is 52.9 Å². The van der Waals surface area contributed by atoms with Gasteiger partial charge in [0.25, 0.3) is 0 Å². The minimum Gasteiger partial charge on any atom is -1.00 e. The van der Waals surface area contributed by atoms with E-state index in [0.717, 1.165) is 0 Å². The van der Waals surface area contributed by atoms with Crippen LogP contribution in [0.4, 0.5) is 0 Å². The van der Waals surface area contributed by atoms with Crippen LogP contribution in [0, 0.1) is 5.92 Å². The van der Waals surface area contributed by atoms with Gasteiger partial charge < -0.3 is 22.9 Å². The number of hydrogen-bond donors (Lipinski definition) is 0. The summed E-state index contributed by atoms with van der Waals surface area (Å²) in [6.07, 6.45) is 6.64. The molecular formula is C9H19BrMg.